The molecule has 0 aliphatic carbocycles. The average molecular weight is 232 g/mol. The van der Waals surface area contributed by atoms with E-state index >= 15 is 0 Å². The van der Waals surface area contributed by atoms with Crippen LogP contribution in [0.1, 0.15) is 10.9 Å². The molecule has 3 heteroatoms. The lowest BCUT2D eigenvalue weighted by Gasteiger charge is -2.19. The summed E-state index contributed by atoms with van der Waals surface area (Å²) < 4.78 is 0. The Morgan fingerprint density at radius 2 is 1.71 bits per heavy atom. The standard InChI is InChI=1S/C11H15Cl2N/c1-14(2)8-10(12)11(13)9-6-4-3-5-7-9/h3-7,10-11H,8H2,1-2H3/t10-,11+/m1/s1. The monoisotopic (exact) mass is 231 g/mol. The highest BCUT2D eigenvalue weighted by atomic mass is 35.5. The van der Waals surface area contributed by atoms with Crippen molar-refractivity contribution < 1.29 is 0 Å². The smallest absolute Gasteiger partial charge is 0.0761 e. The zero-order chi connectivity index (χ0) is 10.6. The lowest BCUT2D eigenvalue weighted by atomic mass is 10.1. The number of hydrogen-bond acceptors (Lipinski definition) is 1. The van der Waals surface area contributed by atoms with Crippen LogP contribution in [0.25, 0.3) is 0 Å². The van der Waals surface area contributed by atoms with Gasteiger partial charge in [-0.2, -0.15) is 0 Å². The molecule has 1 rings (SSSR count). The first-order valence-electron chi connectivity index (χ1n) is 4.59. The minimum atomic E-state index is -0.125. The quantitative estimate of drug-likeness (QED) is 0.721. The van der Waals surface area contributed by atoms with Crippen LogP contribution in [0.3, 0.4) is 0 Å². The van der Waals surface area contributed by atoms with E-state index < -0.39 is 0 Å². The van der Waals surface area contributed by atoms with Crippen LogP contribution in [-0.4, -0.2) is 30.9 Å². The maximum absolute atomic E-state index is 6.24. The fourth-order valence-corrected chi connectivity index (χ4v) is 1.93. The van der Waals surface area contributed by atoms with E-state index in [1.807, 2.05) is 49.3 Å². The molecule has 0 aliphatic rings. The Hall–Kier alpha value is -0.240. The third-order valence-electron chi connectivity index (χ3n) is 1.98. The lowest BCUT2D eigenvalue weighted by Crippen LogP contribution is -2.25. The summed E-state index contributed by atoms with van der Waals surface area (Å²) >= 11 is 12.4. The lowest BCUT2D eigenvalue weighted by molar-refractivity contribution is 0.401. The summed E-state index contributed by atoms with van der Waals surface area (Å²) in [7, 11) is 3.98. The molecule has 0 aliphatic heterocycles. The van der Waals surface area contributed by atoms with Crippen LogP contribution in [0.2, 0.25) is 0 Å². The van der Waals surface area contributed by atoms with E-state index in [0.29, 0.717) is 0 Å². The number of nitrogens with zero attached hydrogens (tertiary/aromatic N) is 1. The zero-order valence-electron chi connectivity index (χ0n) is 8.45. The molecule has 1 aromatic carbocycles. The summed E-state index contributed by atoms with van der Waals surface area (Å²) in [5.74, 6) is 0. The second-order valence-electron chi connectivity index (χ2n) is 3.59. The molecule has 78 valence electrons. The minimum Gasteiger partial charge on any atom is -0.308 e. The van der Waals surface area contributed by atoms with Crippen molar-refractivity contribution in [2.75, 3.05) is 20.6 Å². The molecule has 0 radical (unpaired) electrons. The molecule has 0 fully saturated rings. The number of hydrogen-bond donors (Lipinski definition) is 0. The van der Waals surface area contributed by atoms with Crippen LogP contribution in [0.5, 0.6) is 0 Å². The first-order valence-corrected chi connectivity index (χ1v) is 5.46. The summed E-state index contributed by atoms with van der Waals surface area (Å²) in [6, 6.07) is 9.93. The number of halogens is 2. The van der Waals surface area contributed by atoms with Crippen LogP contribution in [0.4, 0.5) is 0 Å². The second-order valence-corrected chi connectivity index (χ2v) is 4.62. The summed E-state index contributed by atoms with van der Waals surface area (Å²) in [6.45, 7) is 0.782. The molecule has 0 aromatic heterocycles. The number of alkyl halides is 2. The predicted octanol–water partition coefficient (Wildman–Crippen LogP) is 3.14. The van der Waals surface area contributed by atoms with Gasteiger partial charge in [-0.1, -0.05) is 30.3 Å². The molecule has 1 nitrogen and oxygen atoms in total. The van der Waals surface area contributed by atoms with Gasteiger partial charge in [0.25, 0.3) is 0 Å². The topological polar surface area (TPSA) is 3.24 Å². The predicted molar refractivity (Wildman–Crippen MR) is 63.2 cm³/mol. The van der Waals surface area contributed by atoms with Crippen LogP contribution in [0, 0.1) is 0 Å². The minimum absolute atomic E-state index is 0.0610. The normalized spacial score (nSPS) is 15.5. The van der Waals surface area contributed by atoms with Gasteiger partial charge in [-0.05, 0) is 19.7 Å². The molecule has 1 aromatic rings. The van der Waals surface area contributed by atoms with E-state index in [-0.39, 0.29) is 10.8 Å². The third-order valence-corrected chi connectivity index (χ3v) is 3.05. The molecule has 0 saturated heterocycles. The maximum atomic E-state index is 6.24. The van der Waals surface area contributed by atoms with Gasteiger partial charge in [-0.25, -0.2) is 0 Å². The van der Waals surface area contributed by atoms with E-state index in [4.69, 9.17) is 23.2 Å². The zero-order valence-corrected chi connectivity index (χ0v) is 9.96. The largest absolute Gasteiger partial charge is 0.308 e. The Labute approximate surface area is 95.6 Å². The maximum Gasteiger partial charge on any atom is 0.0761 e. The van der Waals surface area contributed by atoms with E-state index in [9.17, 15) is 0 Å². The van der Waals surface area contributed by atoms with Gasteiger partial charge in [0.05, 0.1) is 10.8 Å². The number of rotatable bonds is 4. The Bertz CT molecular complexity index is 261. The first-order chi connectivity index (χ1) is 6.61. The van der Waals surface area contributed by atoms with Gasteiger partial charge >= 0.3 is 0 Å². The van der Waals surface area contributed by atoms with Crippen LogP contribution in [-0.2, 0) is 0 Å². The Kier molecular flexibility index (Phi) is 4.73. The third kappa shape index (κ3) is 3.49. The van der Waals surface area contributed by atoms with Gasteiger partial charge in [0.1, 0.15) is 0 Å². The Morgan fingerprint density at radius 1 is 1.14 bits per heavy atom. The fraction of sp³-hybridized carbons (Fsp3) is 0.455. The fourth-order valence-electron chi connectivity index (χ4n) is 1.29. The van der Waals surface area contributed by atoms with Crippen molar-refractivity contribution in [3.05, 3.63) is 35.9 Å². The van der Waals surface area contributed by atoms with Gasteiger partial charge in [-0.3, -0.25) is 0 Å². The highest BCUT2D eigenvalue weighted by molar-refractivity contribution is 6.30. The van der Waals surface area contributed by atoms with E-state index in [1.165, 1.54) is 0 Å². The molecule has 0 heterocycles. The molecule has 2 atom stereocenters. The molecule has 0 spiro atoms. The Morgan fingerprint density at radius 3 is 2.21 bits per heavy atom. The molecule has 0 unspecified atom stereocenters. The van der Waals surface area contributed by atoms with Gasteiger partial charge in [0.15, 0.2) is 0 Å². The summed E-state index contributed by atoms with van der Waals surface area (Å²) in [4.78, 5) is 2.04. The molecular weight excluding hydrogens is 217 g/mol. The van der Waals surface area contributed by atoms with Crippen molar-refractivity contribution in [3.63, 3.8) is 0 Å². The average Bonchev–Trinajstić information content (AvgIpc) is 2.17. The highest BCUT2D eigenvalue weighted by Crippen LogP contribution is 2.27. The number of benzene rings is 1. The van der Waals surface area contributed by atoms with Gasteiger partial charge in [0.2, 0.25) is 0 Å². The molecule has 0 N–H and O–H groups in total. The van der Waals surface area contributed by atoms with Crippen molar-refractivity contribution in [2.45, 2.75) is 10.8 Å². The van der Waals surface area contributed by atoms with Crippen molar-refractivity contribution in [3.8, 4) is 0 Å². The van der Waals surface area contributed by atoms with Gasteiger partial charge in [0, 0.05) is 6.54 Å². The van der Waals surface area contributed by atoms with E-state index in [0.717, 1.165) is 12.1 Å². The van der Waals surface area contributed by atoms with E-state index in [1.54, 1.807) is 0 Å². The summed E-state index contributed by atoms with van der Waals surface area (Å²) in [6.07, 6.45) is 0. The van der Waals surface area contributed by atoms with Crippen molar-refractivity contribution in [1.82, 2.24) is 4.90 Å². The Balaban J connectivity index is 2.61. The van der Waals surface area contributed by atoms with Crippen LogP contribution < -0.4 is 0 Å². The molecule has 0 amide bonds. The molecule has 14 heavy (non-hydrogen) atoms. The van der Waals surface area contributed by atoms with Crippen molar-refractivity contribution >= 4 is 23.2 Å². The van der Waals surface area contributed by atoms with E-state index in [2.05, 4.69) is 0 Å². The molecular formula is C11H15Cl2N. The summed E-state index contributed by atoms with van der Waals surface area (Å²) in [5, 5.41) is -0.186. The van der Waals surface area contributed by atoms with Gasteiger partial charge in [-0.15, -0.1) is 23.2 Å². The SMILES string of the molecule is CN(C)C[C@@H](Cl)[C@@H](Cl)c1ccccc1. The van der Waals surface area contributed by atoms with Crippen molar-refractivity contribution in [1.29, 1.82) is 0 Å². The molecule has 0 saturated carbocycles. The highest BCUT2D eigenvalue weighted by Gasteiger charge is 2.18. The van der Waals surface area contributed by atoms with Crippen LogP contribution >= 0.6 is 23.2 Å². The van der Waals surface area contributed by atoms with Gasteiger partial charge < -0.3 is 4.90 Å². The molecule has 0 bridgehead atoms. The second kappa shape index (κ2) is 5.59. The first kappa shape index (κ1) is 11.8. The van der Waals surface area contributed by atoms with Crippen molar-refractivity contribution in [2.24, 2.45) is 0 Å². The summed E-state index contributed by atoms with van der Waals surface area (Å²) in [5.41, 5.74) is 1.08. The van der Waals surface area contributed by atoms with Crippen LogP contribution in [0.15, 0.2) is 30.3 Å².